The van der Waals surface area contributed by atoms with Crippen LogP contribution in [0.5, 0.6) is 0 Å². The van der Waals surface area contributed by atoms with Gasteiger partial charge in [0.2, 0.25) is 0 Å². The van der Waals surface area contributed by atoms with E-state index in [1.165, 1.54) is 29.2 Å². The van der Waals surface area contributed by atoms with Crippen molar-refractivity contribution >= 4 is 33.0 Å². The van der Waals surface area contributed by atoms with Gasteiger partial charge in [0.15, 0.2) is 9.84 Å². The number of anilines is 1. The van der Waals surface area contributed by atoms with Crippen LogP contribution in [0.2, 0.25) is 5.02 Å². The van der Waals surface area contributed by atoms with Crippen LogP contribution in [-0.4, -0.2) is 38.1 Å². The smallest absolute Gasteiger partial charge is 0.324 e. The van der Waals surface area contributed by atoms with Crippen molar-refractivity contribution in [1.29, 1.82) is 0 Å². The zero-order valence-corrected chi connectivity index (χ0v) is 14.2. The van der Waals surface area contributed by atoms with Crippen molar-refractivity contribution in [2.45, 2.75) is 10.9 Å². The second-order valence-electron chi connectivity index (χ2n) is 5.51. The molecule has 5 nitrogen and oxygen atoms in total. The number of aliphatic imine (C=N–C) groups is 1. The van der Waals surface area contributed by atoms with E-state index in [1.54, 1.807) is 24.3 Å². The summed E-state index contributed by atoms with van der Waals surface area (Å²) >= 11 is 5.86. The maximum absolute atomic E-state index is 14.0. The van der Waals surface area contributed by atoms with Crippen molar-refractivity contribution in [3.8, 4) is 0 Å². The molecule has 0 spiro atoms. The lowest BCUT2D eigenvalue weighted by molar-refractivity contribution is -0.0627. The van der Waals surface area contributed by atoms with Crippen molar-refractivity contribution in [3.05, 3.63) is 59.1 Å². The highest BCUT2D eigenvalue weighted by molar-refractivity contribution is 7.90. The van der Waals surface area contributed by atoms with Gasteiger partial charge in [-0.2, -0.15) is 4.39 Å². The minimum Gasteiger partial charge on any atom is -0.342 e. The summed E-state index contributed by atoms with van der Waals surface area (Å²) in [5, 5.41) is 10.2. The number of halogens is 2. The fourth-order valence-electron chi connectivity index (χ4n) is 2.44. The first-order valence-electron chi connectivity index (χ1n) is 7.00. The Morgan fingerprint density at radius 3 is 2.29 bits per heavy atom. The lowest BCUT2D eigenvalue weighted by Gasteiger charge is -2.21. The summed E-state index contributed by atoms with van der Waals surface area (Å²) in [6.45, 7) is -0.363. The van der Waals surface area contributed by atoms with E-state index in [4.69, 9.17) is 11.6 Å². The number of β-amino-alcohol motifs (C(OH)–C–C–N with tert-alkyl or cyclic N) is 1. The number of rotatable bonds is 3. The fourth-order valence-corrected chi connectivity index (χ4v) is 3.20. The molecule has 0 radical (unpaired) electrons. The van der Waals surface area contributed by atoms with Gasteiger partial charge in [0.1, 0.15) is 12.4 Å². The van der Waals surface area contributed by atoms with E-state index in [0.29, 0.717) is 16.3 Å². The van der Waals surface area contributed by atoms with Crippen LogP contribution in [0.25, 0.3) is 0 Å². The lowest BCUT2D eigenvalue weighted by atomic mass is 10.2. The van der Waals surface area contributed by atoms with Crippen molar-refractivity contribution in [1.82, 2.24) is 0 Å². The Labute approximate surface area is 143 Å². The molecule has 1 atom stereocenters. The van der Waals surface area contributed by atoms with E-state index in [2.05, 4.69) is 4.99 Å². The number of alkyl halides is 1. The Morgan fingerprint density at radius 1 is 1.17 bits per heavy atom. The fraction of sp³-hybridized carbons (Fsp3) is 0.188. The maximum Gasteiger partial charge on any atom is 0.324 e. The van der Waals surface area contributed by atoms with E-state index in [0.717, 1.165) is 6.26 Å². The molecule has 8 heteroatoms. The Kier molecular flexibility index (Phi) is 4.11. The number of sulfone groups is 1. The molecule has 0 saturated heterocycles. The summed E-state index contributed by atoms with van der Waals surface area (Å²) < 4.78 is 37.1. The Hall–Kier alpha value is -1.96. The number of aliphatic hydroxyl groups is 1. The molecule has 0 aliphatic carbocycles. The van der Waals surface area contributed by atoms with Gasteiger partial charge >= 0.3 is 5.98 Å². The first kappa shape index (κ1) is 16.9. The van der Waals surface area contributed by atoms with Gasteiger partial charge in [-0.25, -0.2) is 13.4 Å². The minimum absolute atomic E-state index is 0.151. The minimum atomic E-state index is -3.33. The van der Waals surface area contributed by atoms with Gasteiger partial charge in [0.05, 0.1) is 4.90 Å². The summed E-state index contributed by atoms with van der Waals surface area (Å²) in [6, 6.07) is 12.6. The van der Waals surface area contributed by atoms with Crippen molar-refractivity contribution in [3.63, 3.8) is 0 Å². The van der Waals surface area contributed by atoms with Gasteiger partial charge in [-0.3, -0.25) is 0 Å². The summed E-state index contributed by atoms with van der Waals surface area (Å²) in [5.74, 6) is -2.51. The third-order valence-corrected chi connectivity index (χ3v) is 4.95. The SMILES string of the molecule is CS(=O)(=O)c1ccc(C2=NC(O)(F)CN2c2ccc(Cl)cc2)cc1. The molecule has 1 aliphatic rings. The average molecular weight is 369 g/mol. The second-order valence-corrected chi connectivity index (χ2v) is 7.97. The first-order chi connectivity index (χ1) is 11.2. The molecule has 2 aromatic carbocycles. The number of hydrogen-bond donors (Lipinski definition) is 1. The monoisotopic (exact) mass is 368 g/mol. The van der Waals surface area contributed by atoms with Crippen LogP contribution >= 0.6 is 11.6 Å². The largest absolute Gasteiger partial charge is 0.342 e. The van der Waals surface area contributed by atoms with Crippen LogP contribution in [-0.2, 0) is 9.84 Å². The Bertz CT molecular complexity index is 894. The molecule has 1 heterocycles. The molecule has 0 saturated carbocycles. The highest BCUT2D eigenvalue weighted by atomic mass is 35.5. The van der Waals surface area contributed by atoms with Crippen LogP contribution in [0, 0.1) is 0 Å². The topological polar surface area (TPSA) is 70.0 Å². The molecule has 0 fully saturated rings. The lowest BCUT2D eigenvalue weighted by Crippen LogP contribution is -2.33. The van der Waals surface area contributed by atoms with E-state index >= 15 is 0 Å². The number of benzene rings is 2. The first-order valence-corrected chi connectivity index (χ1v) is 9.27. The molecule has 3 rings (SSSR count). The third-order valence-electron chi connectivity index (χ3n) is 3.57. The van der Waals surface area contributed by atoms with E-state index in [-0.39, 0.29) is 17.3 Å². The summed E-state index contributed by atoms with van der Waals surface area (Å²) in [5.41, 5.74) is 1.10. The molecule has 0 aromatic heterocycles. The number of amidine groups is 1. The molecule has 2 aromatic rings. The predicted molar refractivity (Wildman–Crippen MR) is 90.9 cm³/mol. The van der Waals surface area contributed by atoms with Crippen LogP contribution < -0.4 is 4.90 Å². The quantitative estimate of drug-likeness (QED) is 0.845. The van der Waals surface area contributed by atoms with Gasteiger partial charge in [0, 0.05) is 22.5 Å². The molecule has 1 aliphatic heterocycles. The highest BCUT2D eigenvalue weighted by Crippen LogP contribution is 2.29. The van der Waals surface area contributed by atoms with Crippen molar-refractivity contribution in [2.24, 2.45) is 4.99 Å². The molecule has 1 unspecified atom stereocenters. The van der Waals surface area contributed by atoms with Gasteiger partial charge < -0.3 is 10.0 Å². The summed E-state index contributed by atoms with van der Waals surface area (Å²) in [6.07, 6.45) is 1.11. The zero-order valence-electron chi connectivity index (χ0n) is 12.6. The maximum atomic E-state index is 14.0. The average Bonchev–Trinajstić information content (AvgIpc) is 2.83. The normalized spacial score (nSPS) is 21.0. The molecular weight excluding hydrogens is 355 g/mol. The third kappa shape index (κ3) is 3.43. The summed E-state index contributed by atoms with van der Waals surface area (Å²) in [7, 11) is -3.33. The van der Waals surface area contributed by atoms with Gasteiger partial charge in [-0.05, 0) is 48.5 Å². The van der Waals surface area contributed by atoms with Crippen LogP contribution in [0.15, 0.2) is 58.4 Å². The standard InChI is InChI=1S/C16H14ClFN2O3S/c1-24(22,23)14-8-2-11(3-9-14)15-19-16(18,21)10-20(15)13-6-4-12(17)5-7-13/h2-9,21H,10H2,1H3. The van der Waals surface area contributed by atoms with Crippen molar-refractivity contribution in [2.75, 3.05) is 17.7 Å². The zero-order chi connectivity index (χ0) is 17.5. The second kappa shape index (κ2) is 5.84. The van der Waals surface area contributed by atoms with E-state index in [9.17, 15) is 17.9 Å². The van der Waals surface area contributed by atoms with Crippen LogP contribution in [0.1, 0.15) is 5.56 Å². The molecular formula is C16H14ClFN2O3S. The Morgan fingerprint density at radius 2 is 1.75 bits per heavy atom. The van der Waals surface area contributed by atoms with E-state index < -0.39 is 15.8 Å². The molecule has 0 amide bonds. The Balaban J connectivity index is 2.01. The highest BCUT2D eigenvalue weighted by Gasteiger charge is 2.38. The van der Waals surface area contributed by atoms with Crippen molar-refractivity contribution < 1.29 is 17.9 Å². The predicted octanol–water partition coefficient (Wildman–Crippen LogP) is 2.63. The van der Waals surface area contributed by atoms with Crippen LogP contribution in [0.3, 0.4) is 0 Å². The molecule has 126 valence electrons. The van der Waals surface area contributed by atoms with Crippen LogP contribution in [0.4, 0.5) is 10.1 Å². The number of nitrogens with zero attached hydrogens (tertiary/aromatic N) is 2. The molecule has 24 heavy (non-hydrogen) atoms. The van der Waals surface area contributed by atoms with E-state index in [1.807, 2.05) is 0 Å². The van der Waals surface area contributed by atoms with Gasteiger partial charge in [-0.15, -0.1) is 0 Å². The summed E-state index contributed by atoms with van der Waals surface area (Å²) in [4.78, 5) is 5.37. The van der Waals surface area contributed by atoms with Gasteiger partial charge in [-0.1, -0.05) is 11.6 Å². The molecule has 0 bridgehead atoms. The number of hydrogen-bond acceptors (Lipinski definition) is 5. The molecule has 1 N–H and O–H groups in total. The van der Waals surface area contributed by atoms with Gasteiger partial charge in [0.25, 0.3) is 0 Å².